The maximum Gasteiger partial charge on any atom is 0.109 e. The number of aryl methyl sites for hydroxylation is 2. The summed E-state index contributed by atoms with van der Waals surface area (Å²) in [6, 6.07) is 4.47. The Bertz CT molecular complexity index is 915. The molecule has 182 valence electrons. The lowest BCUT2D eigenvalue weighted by molar-refractivity contribution is 0.215. The third-order valence-electron chi connectivity index (χ3n) is 7.27. The van der Waals surface area contributed by atoms with Gasteiger partial charge in [0.05, 0.1) is 0 Å². The number of rotatable bonds is 7. The van der Waals surface area contributed by atoms with Gasteiger partial charge >= 0.3 is 0 Å². The van der Waals surface area contributed by atoms with Crippen LogP contribution in [0.3, 0.4) is 0 Å². The second kappa shape index (κ2) is 12.5. The van der Waals surface area contributed by atoms with Crippen LogP contribution in [0.15, 0.2) is 58.7 Å². The van der Waals surface area contributed by atoms with E-state index in [0.29, 0.717) is 6.42 Å². The number of benzene rings is 1. The van der Waals surface area contributed by atoms with Gasteiger partial charge in [-0.15, -0.1) is 6.58 Å². The Morgan fingerprint density at radius 3 is 2.24 bits per heavy atom. The summed E-state index contributed by atoms with van der Waals surface area (Å²) in [6.07, 6.45) is 15.8. The minimum atomic E-state index is -1.07. The van der Waals surface area contributed by atoms with Gasteiger partial charge in [0.1, 0.15) is 5.67 Å². The molecule has 0 unspecified atom stereocenters. The molecule has 1 heteroatoms. The summed E-state index contributed by atoms with van der Waals surface area (Å²) >= 11 is 0. The molecule has 0 atom stereocenters. The van der Waals surface area contributed by atoms with Gasteiger partial charge in [0, 0.05) is 6.42 Å². The van der Waals surface area contributed by atoms with E-state index >= 15 is 0 Å². The summed E-state index contributed by atoms with van der Waals surface area (Å²) in [5, 5.41) is 0. The van der Waals surface area contributed by atoms with Crippen molar-refractivity contribution in [2.24, 2.45) is 0 Å². The standard InChI is InChI=1S/C18H27F.C14H20/c1-4-15-7-5-6-8-17(15)16-11-9-14(10-12-16)13-18(2,3)19;1-10(2)6-8-14-9-7-11(3)12(4)13(14)5/h9,11H,4-8,10,12-13H2,1-3H3;7,9H,1,6,8H2,2-5H3. The maximum atomic E-state index is 13.7. The molecule has 0 saturated heterocycles. The van der Waals surface area contributed by atoms with Crippen LogP contribution in [0.25, 0.3) is 0 Å². The predicted molar refractivity (Wildman–Crippen MR) is 145 cm³/mol. The fourth-order valence-electron chi connectivity index (χ4n) is 5.00. The third kappa shape index (κ3) is 8.76. The van der Waals surface area contributed by atoms with E-state index in [1.54, 1.807) is 25.0 Å². The summed E-state index contributed by atoms with van der Waals surface area (Å²) in [7, 11) is 0. The van der Waals surface area contributed by atoms with Crippen molar-refractivity contribution in [1.82, 2.24) is 0 Å². The fourth-order valence-corrected chi connectivity index (χ4v) is 5.00. The average Bonchev–Trinajstić information content (AvgIpc) is 2.77. The molecule has 0 N–H and O–H groups in total. The van der Waals surface area contributed by atoms with E-state index in [0.717, 1.165) is 25.7 Å². The van der Waals surface area contributed by atoms with Crippen LogP contribution in [0.2, 0.25) is 0 Å². The van der Waals surface area contributed by atoms with E-state index in [2.05, 4.69) is 65.5 Å². The first-order valence-corrected chi connectivity index (χ1v) is 13.0. The minimum Gasteiger partial charge on any atom is -0.244 e. The van der Waals surface area contributed by atoms with Crippen LogP contribution in [-0.4, -0.2) is 5.67 Å². The summed E-state index contributed by atoms with van der Waals surface area (Å²) in [6.45, 7) is 18.2. The third-order valence-corrected chi connectivity index (χ3v) is 7.27. The molecule has 1 aromatic carbocycles. The van der Waals surface area contributed by atoms with Crippen LogP contribution < -0.4 is 0 Å². The number of allylic oxidation sites excluding steroid dienone is 7. The second-order valence-electron chi connectivity index (χ2n) is 10.8. The molecule has 0 amide bonds. The Labute approximate surface area is 203 Å². The molecule has 0 heterocycles. The summed E-state index contributed by atoms with van der Waals surface area (Å²) in [5.41, 5.74) is 12.0. The van der Waals surface area contributed by atoms with Gasteiger partial charge in [-0.3, -0.25) is 0 Å². The molecule has 2 aliphatic rings. The summed E-state index contributed by atoms with van der Waals surface area (Å²) in [5.74, 6) is 0. The maximum absolute atomic E-state index is 13.7. The summed E-state index contributed by atoms with van der Waals surface area (Å²) < 4.78 is 13.7. The number of halogens is 1. The minimum absolute atomic E-state index is 0.580. The molecular weight excluding hydrogens is 403 g/mol. The molecule has 0 nitrogen and oxygen atoms in total. The van der Waals surface area contributed by atoms with Gasteiger partial charge in [0.2, 0.25) is 0 Å². The van der Waals surface area contributed by atoms with E-state index in [9.17, 15) is 4.39 Å². The van der Waals surface area contributed by atoms with E-state index in [4.69, 9.17) is 0 Å². The molecular formula is C32H47F. The molecule has 0 bridgehead atoms. The van der Waals surface area contributed by atoms with Crippen molar-refractivity contribution in [3.63, 3.8) is 0 Å². The molecule has 33 heavy (non-hydrogen) atoms. The van der Waals surface area contributed by atoms with Crippen molar-refractivity contribution >= 4 is 0 Å². The van der Waals surface area contributed by atoms with Crippen LogP contribution in [0.1, 0.15) is 108 Å². The van der Waals surface area contributed by atoms with Crippen molar-refractivity contribution in [1.29, 1.82) is 0 Å². The monoisotopic (exact) mass is 450 g/mol. The van der Waals surface area contributed by atoms with Crippen LogP contribution in [0.5, 0.6) is 0 Å². The topological polar surface area (TPSA) is 0 Å². The van der Waals surface area contributed by atoms with Gasteiger partial charge in [0.15, 0.2) is 0 Å². The van der Waals surface area contributed by atoms with Crippen molar-refractivity contribution in [2.75, 3.05) is 0 Å². The SMILES string of the molecule is C=C(C)CCc1ccc(C)c(C)c1C.CCC1=C(C2=CC=C(CC(C)(C)F)CC2)CCCC1. The van der Waals surface area contributed by atoms with Crippen LogP contribution in [0, 0.1) is 20.8 Å². The Hall–Kier alpha value is -1.89. The van der Waals surface area contributed by atoms with Gasteiger partial charge in [-0.05, 0) is 133 Å². The van der Waals surface area contributed by atoms with Gasteiger partial charge in [0.25, 0.3) is 0 Å². The molecule has 0 aromatic heterocycles. The normalized spacial score (nSPS) is 16.6. The molecule has 0 radical (unpaired) electrons. The van der Waals surface area contributed by atoms with E-state index in [1.165, 1.54) is 71.1 Å². The summed E-state index contributed by atoms with van der Waals surface area (Å²) in [4.78, 5) is 0. The zero-order chi connectivity index (χ0) is 24.6. The molecule has 0 fully saturated rings. The van der Waals surface area contributed by atoms with Gasteiger partial charge in [-0.1, -0.05) is 47.9 Å². The fraction of sp³-hybridized carbons (Fsp3) is 0.562. The van der Waals surface area contributed by atoms with Gasteiger partial charge < -0.3 is 0 Å². The van der Waals surface area contributed by atoms with Gasteiger partial charge in [-0.25, -0.2) is 4.39 Å². The smallest absolute Gasteiger partial charge is 0.109 e. The van der Waals surface area contributed by atoms with Crippen molar-refractivity contribution in [3.05, 3.63) is 81.0 Å². The van der Waals surface area contributed by atoms with Crippen molar-refractivity contribution < 1.29 is 4.39 Å². The lowest BCUT2D eigenvalue weighted by atomic mass is 9.81. The highest BCUT2D eigenvalue weighted by Crippen LogP contribution is 2.37. The zero-order valence-corrected chi connectivity index (χ0v) is 22.5. The quantitative estimate of drug-likeness (QED) is 0.362. The molecule has 0 saturated carbocycles. The highest BCUT2D eigenvalue weighted by molar-refractivity contribution is 5.42. The second-order valence-corrected chi connectivity index (χ2v) is 10.8. The van der Waals surface area contributed by atoms with E-state index < -0.39 is 5.67 Å². The first kappa shape index (κ1) is 27.4. The van der Waals surface area contributed by atoms with Crippen LogP contribution in [0.4, 0.5) is 4.39 Å². The molecule has 1 aromatic rings. The number of hydrogen-bond acceptors (Lipinski definition) is 0. The van der Waals surface area contributed by atoms with E-state index in [-0.39, 0.29) is 0 Å². The molecule has 3 rings (SSSR count). The number of hydrogen-bond donors (Lipinski definition) is 0. The first-order valence-electron chi connectivity index (χ1n) is 13.0. The first-order chi connectivity index (χ1) is 15.5. The predicted octanol–water partition coefficient (Wildman–Crippen LogP) is 10.2. The molecule has 0 spiro atoms. The van der Waals surface area contributed by atoms with E-state index in [1.807, 2.05) is 0 Å². The largest absolute Gasteiger partial charge is 0.244 e. The van der Waals surface area contributed by atoms with Crippen molar-refractivity contribution in [3.8, 4) is 0 Å². The Morgan fingerprint density at radius 1 is 0.970 bits per heavy atom. The molecule has 2 aliphatic carbocycles. The Kier molecular flexibility index (Phi) is 10.4. The average molecular weight is 451 g/mol. The lowest BCUT2D eigenvalue weighted by Crippen LogP contribution is -2.14. The highest BCUT2D eigenvalue weighted by Gasteiger charge is 2.21. The molecule has 0 aliphatic heterocycles. The van der Waals surface area contributed by atoms with Crippen molar-refractivity contribution in [2.45, 2.75) is 118 Å². The van der Waals surface area contributed by atoms with Crippen LogP contribution in [-0.2, 0) is 6.42 Å². The lowest BCUT2D eigenvalue weighted by Gasteiger charge is -2.25. The van der Waals surface area contributed by atoms with Crippen LogP contribution >= 0.6 is 0 Å². The van der Waals surface area contributed by atoms with Gasteiger partial charge in [-0.2, -0.15) is 0 Å². The zero-order valence-electron chi connectivity index (χ0n) is 22.5. The Balaban J connectivity index is 0.000000245. The number of alkyl halides is 1. The Morgan fingerprint density at radius 2 is 1.67 bits per heavy atom. The highest BCUT2D eigenvalue weighted by atomic mass is 19.1.